The van der Waals surface area contributed by atoms with Crippen molar-refractivity contribution in [3.05, 3.63) is 24.2 Å². The predicted molar refractivity (Wildman–Crippen MR) is 66.7 cm³/mol. The fraction of sp³-hybridized carbons (Fsp3) is 0.455. The lowest BCUT2D eigenvalue weighted by Crippen LogP contribution is -2.08. The fourth-order valence-corrected chi connectivity index (χ4v) is 3.21. The second kappa shape index (κ2) is 3.97. The Bertz CT molecular complexity index is 502. The van der Waals surface area contributed by atoms with Crippen LogP contribution in [-0.2, 0) is 0 Å². The molecule has 0 spiro atoms. The van der Waals surface area contributed by atoms with Crippen LogP contribution in [0.5, 0.6) is 0 Å². The fourth-order valence-electron chi connectivity index (χ4n) is 2.10. The minimum Gasteiger partial charge on any atom is -0.396 e. The summed E-state index contributed by atoms with van der Waals surface area (Å²) in [4.78, 5) is 4.27. The van der Waals surface area contributed by atoms with E-state index >= 15 is 0 Å². The van der Waals surface area contributed by atoms with Gasteiger partial charge in [0.25, 0.3) is 0 Å². The predicted octanol–water partition coefficient (Wildman–Crippen LogP) is 1.92. The normalized spacial score (nSPS) is 18.0. The Morgan fingerprint density at radius 3 is 3.00 bits per heavy atom. The van der Waals surface area contributed by atoms with Gasteiger partial charge in [-0.15, -0.1) is 0 Å². The third kappa shape index (κ3) is 1.75. The molecule has 0 amide bonds. The molecule has 3 rings (SSSR count). The first-order valence-electron chi connectivity index (χ1n) is 5.51. The Balaban J connectivity index is 1.97. The third-order valence-corrected chi connectivity index (χ3v) is 4.04. The van der Waals surface area contributed by atoms with E-state index < -0.39 is 0 Å². The lowest BCUT2D eigenvalue weighted by Gasteiger charge is -2.18. The van der Waals surface area contributed by atoms with Crippen LogP contribution in [0.3, 0.4) is 0 Å². The number of rotatable bonds is 1. The second-order valence-electron chi connectivity index (χ2n) is 4.15. The van der Waals surface area contributed by atoms with E-state index in [9.17, 15) is 0 Å². The van der Waals surface area contributed by atoms with Gasteiger partial charge in [0, 0.05) is 12.0 Å². The van der Waals surface area contributed by atoms with Crippen molar-refractivity contribution in [1.82, 2.24) is 14.6 Å². The molecule has 1 aliphatic heterocycles. The number of nitrogens with two attached hydrogens (primary N) is 1. The van der Waals surface area contributed by atoms with Crippen molar-refractivity contribution in [2.75, 3.05) is 17.2 Å². The number of nitrogen functional groups attached to an aromatic ring is 1. The minimum atomic E-state index is 0.601. The highest BCUT2D eigenvalue weighted by molar-refractivity contribution is 7.99. The summed E-state index contributed by atoms with van der Waals surface area (Å²) < 4.78 is 1.78. The molecule has 1 saturated heterocycles. The Morgan fingerprint density at radius 2 is 2.19 bits per heavy atom. The number of anilines is 1. The van der Waals surface area contributed by atoms with E-state index in [2.05, 4.69) is 16.1 Å². The summed E-state index contributed by atoms with van der Waals surface area (Å²) in [7, 11) is 0. The maximum absolute atomic E-state index is 5.68. The standard InChI is InChI=1S/C11H14N4S/c12-9-6-13-11-5-10(14-15(11)7-9)8-1-3-16-4-2-8/h5-8H,1-4,12H2. The number of aromatic nitrogens is 3. The van der Waals surface area contributed by atoms with Crippen molar-refractivity contribution in [3.63, 3.8) is 0 Å². The number of hydrogen-bond acceptors (Lipinski definition) is 4. The van der Waals surface area contributed by atoms with Crippen LogP contribution >= 0.6 is 11.8 Å². The van der Waals surface area contributed by atoms with Crippen molar-refractivity contribution in [3.8, 4) is 0 Å². The molecule has 16 heavy (non-hydrogen) atoms. The first kappa shape index (κ1) is 9.96. The average Bonchev–Trinajstić information content (AvgIpc) is 2.73. The summed E-state index contributed by atoms with van der Waals surface area (Å²) in [5.41, 5.74) is 8.40. The van der Waals surface area contributed by atoms with Crippen LogP contribution in [-0.4, -0.2) is 26.1 Å². The summed E-state index contributed by atoms with van der Waals surface area (Å²) in [5.74, 6) is 3.09. The average molecular weight is 234 g/mol. The van der Waals surface area contributed by atoms with Gasteiger partial charge in [0.05, 0.1) is 23.8 Å². The highest BCUT2D eigenvalue weighted by atomic mass is 32.2. The van der Waals surface area contributed by atoms with E-state index in [1.807, 2.05) is 18.0 Å². The number of fused-ring (bicyclic) bond motifs is 1. The maximum Gasteiger partial charge on any atom is 0.155 e. The van der Waals surface area contributed by atoms with Gasteiger partial charge in [-0.1, -0.05) is 0 Å². The molecule has 2 N–H and O–H groups in total. The highest BCUT2D eigenvalue weighted by Gasteiger charge is 2.18. The summed E-state index contributed by atoms with van der Waals surface area (Å²) in [6.45, 7) is 0. The second-order valence-corrected chi connectivity index (χ2v) is 5.37. The molecule has 4 nitrogen and oxygen atoms in total. The summed E-state index contributed by atoms with van der Waals surface area (Å²) in [6.07, 6.45) is 5.95. The van der Waals surface area contributed by atoms with Gasteiger partial charge in [-0.3, -0.25) is 0 Å². The summed E-state index contributed by atoms with van der Waals surface area (Å²) in [5, 5.41) is 4.56. The topological polar surface area (TPSA) is 56.2 Å². The van der Waals surface area contributed by atoms with Crippen LogP contribution in [0, 0.1) is 0 Å². The molecule has 0 unspecified atom stereocenters. The van der Waals surface area contributed by atoms with Crippen molar-refractivity contribution in [1.29, 1.82) is 0 Å². The van der Waals surface area contributed by atoms with Crippen molar-refractivity contribution in [2.45, 2.75) is 18.8 Å². The largest absolute Gasteiger partial charge is 0.396 e. The molecular formula is C11H14N4S. The SMILES string of the molecule is Nc1cnc2cc(C3CCSCC3)nn2c1. The van der Waals surface area contributed by atoms with Gasteiger partial charge in [0.15, 0.2) is 5.65 Å². The number of thioether (sulfide) groups is 1. The van der Waals surface area contributed by atoms with E-state index in [4.69, 9.17) is 5.73 Å². The van der Waals surface area contributed by atoms with Gasteiger partial charge in [-0.25, -0.2) is 9.50 Å². The molecule has 0 bridgehead atoms. The Kier molecular flexibility index (Phi) is 2.47. The van der Waals surface area contributed by atoms with Crippen LogP contribution < -0.4 is 5.73 Å². The monoisotopic (exact) mass is 234 g/mol. The molecule has 0 saturated carbocycles. The van der Waals surface area contributed by atoms with Gasteiger partial charge in [0.2, 0.25) is 0 Å². The van der Waals surface area contributed by atoms with Crippen molar-refractivity contribution < 1.29 is 0 Å². The van der Waals surface area contributed by atoms with Crippen LogP contribution in [0.1, 0.15) is 24.5 Å². The number of nitrogens with zero attached hydrogens (tertiary/aromatic N) is 3. The van der Waals surface area contributed by atoms with E-state index in [0.29, 0.717) is 11.6 Å². The van der Waals surface area contributed by atoms with Gasteiger partial charge < -0.3 is 5.73 Å². The van der Waals surface area contributed by atoms with Crippen molar-refractivity contribution in [2.24, 2.45) is 0 Å². The zero-order valence-corrected chi connectivity index (χ0v) is 9.78. The molecule has 0 aliphatic carbocycles. The van der Waals surface area contributed by atoms with E-state index in [0.717, 1.165) is 5.65 Å². The summed E-state index contributed by atoms with van der Waals surface area (Å²) >= 11 is 2.03. The van der Waals surface area contributed by atoms with Crippen LogP contribution in [0.2, 0.25) is 0 Å². The molecule has 1 aliphatic rings. The molecule has 2 aromatic heterocycles. The molecule has 1 fully saturated rings. The van der Waals surface area contributed by atoms with Gasteiger partial charge >= 0.3 is 0 Å². The first-order chi connectivity index (χ1) is 7.83. The van der Waals surface area contributed by atoms with E-state index in [1.165, 1.54) is 30.0 Å². The van der Waals surface area contributed by atoms with E-state index in [1.54, 1.807) is 10.7 Å². The third-order valence-electron chi connectivity index (χ3n) is 2.99. The quantitative estimate of drug-likeness (QED) is 0.819. The lowest BCUT2D eigenvalue weighted by molar-refractivity contribution is 0.612. The van der Waals surface area contributed by atoms with Crippen LogP contribution in [0.25, 0.3) is 5.65 Å². The maximum atomic E-state index is 5.68. The molecule has 0 radical (unpaired) electrons. The molecule has 5 heteroatoms. The van der Waals surface area contributed by atoms with Gasteiger partial charge in [0.1, 0.15) is 0 Å². The molecule has 0 atom stereocenters. The number of hydrogen-bond donors (Lipinski definition) is 1. The van der Waals surface area contributed by atoms with Gasteiger partial charge in [-0.05, 0) is 24.3 Å². The van der Waals surface area contributed by atoms with Crippen LogP contribution in [0.15, 0.2) is 18.5 Å². The van der Waals surface area contributed by atoms with Crippen molar-refractivity contribution >= 4 is 23.1 Å². The first-order valence-corrected chi connectivity index (χ1v) is 6.67. The summed E-state index contributed by atoms with van der Waals surface area (Å²) in [6, 6.07) is 2.08. The molecule has 3 heterocycles. The molecule has 2 aromatic rings. The zero-order chi connectivity index (χ0) is 11.0. The smallest absolute Gasteiger partial charge is 0.155 e. The van der Waals surface area contributed by atoms with Crippen LogP contribution in [0.4, 0.5) is 5.69 Å². The molecular weight excluding hydrogens is 220 g/mol. The van der Waals surface area contributed by atoms with E-state index in [-0.39, 0.29) is 0 Å². The molecule has 0 aromatic carbocycles. The lowest BCUT2D eigenvalue weighted by atomic mass is 9.99. The highest BCUT2D eigenvalue weighted by Crippen LogP contribution is 2.30. The Hall–Kier alpha value is -1.23. The molecule has 84 valence electrons. The Labute approximate surface area is 98.2 Å². The zero-order valence-electron chi connectivity index (χ0n) is 8.97. The minimum absolute atomic E-state index is 0.601. The Morgan fingerprint density at radius 1 is 1.38 bits per heavy atom. The van der Waals surface area contributed by atoms with Gasteiger partial charge in [-0.2, -0.15) is 16.9 Å².